The van der Waals surface area contributed by atoms with Crippen LogP contribution in [-0.2, 0) is 0 Å². The third kappa shape index (κ3) is 3.45. The van der Waals surface area contributed by atoms with Crippen LogP contribution < -0.4 is 0 Å². The highest BCUT2D eigenvalue weighted by atomic mass is 15.0. The Morgan fingerprint density at radius 2 is 1.89 bits per heavy atom. The van der Waals surface area contributed by atoms with Crippen molar-refractivity contribution in [1.29, 1.82) is 0 Å². The highest BCUT2D eigenvalue weighted by Gasteiger charge is 2.04. The van der Waals surface area contributed by atoms with Gasteiger partial charge in [0, 0.05) is 5.56 Å². The van der Waals surface area contributed by atoms with Crippen molar-refractivity contribution < 1.29 is 0 Å². The van der Waals surface area contributed by atoms with Crippen molar-refractivity contribution >= 4 is 5.57 Å². The van der Waals surface area contributed by atoms with E-state index in [9.17, 15) is 0 Å². The highest BCUT2D eigenvalue weighted by molar-refractivity contribution is 5.62. The standard InChI is InChI=1S/C16H15N3/c1-3-4-6-9-13(2)15-17-12-18-16(19-15)14-10-7-5-8-11-14/h3-12H,1H2,2H3/b6-4-,13-9+. The molecule has 0 bridgehead atoms. The number of hydrogen-bond acceptors (Lipinski definition) is 3. The molecule has 1 aromatic carbocycles. The van der Waals surface area contributed by atoms with Crippen LogP contribution in [0.25, 0.3) is 17.0 Å². The van der Waals surface area contributed by atoms with Crippen LogP contribution in [0.5, 0.6) is 0 Å². The molecule has 0 spiro atoms. The van der Waals surface area contributed by atoms with E-state index in [1.807, 2.05) is 55.5 Å². The molecule has 0 radical (unpaired) electrons. The van der Waals surface area contributed by atoms with Crippen molar-refractivity contribution in [3.63, 3.8) is 0 Å². The lowest BCUT2D eigenvalue weighted by Crippen LogP contribution is -1.96. The number of benzene rings is 1. The monoisotopic (exact) mass is 249 g/mol. The maximum atomic E-state index is 4.47. The minimum Gasteiger partial charge on any atom is -0.217 e. The largest absolute Gasteiger partial charge is 0.217 e. The van der Waals surface area contributed by atoms with E-state index in [0.717, 1.165) is 11.1 Å². The molecule has 19 heavy (non-hydrogen) atoms. The summed E-state index contributed by atoms with van der Waals surface area (Å²) in [4.78, 5) is 12.9. The lowest BCUT2D eigenvalue weighted by Gasteiger charge is -2.02. The molecule has 0 aliphatic heterocycles. The normalized spacial score (nSPS) is 11.7. The fraction of sp³-hybridized carbons (Fsp3) is 0.0625. The predicted octanol–water partition coefficient (Wildman–Crippen LogP) is 3.68. The highest BCUT2D eigenvalue weighted by Crippen LogP contribution is 2.15. The molecule has 0 saturated carbocycles. The van der Waals surface area contributed by atoms with E-state index in [0.29, 0.717) is 11.6 Å². The molecule has 0 fully saturated rings. The molecule has 3 heteroatoms. The first-order valence-corrected chi connectivity index (χ1v) is 6.02. The number of hydrogen-bond donors (Lipinski definition) is 0. The van der Waals surface area contributed by atoms with Gasteiger partial charge in [-0.1, -0.05) is 61.2 Å². The minimum atomic E-state index is 0.683. The summed E-state index contributed by atoms with van der Waals surface area (Å²) in [5, 5.41) is 0. The quantitative estimate of drug-likeness (QED) is 0.776. The Hall–Kier alpha value is -2.55. The number of aromatic nitrogens is 3. The molecule has 3 nitrogen and oxygen atoms in total. The van der Waals surface area contributed by atoms with Gasteiger partial charge in [-0.2, -0.15) is 0 Å². The molecule has 0 unspecified atom stereocenters. The molecule has 1 aromatic heterocycles. The smallest absolute Gasteiger partial charge is 0.163 e. The predicted molar refractivity (Wildman–Crippen MR) is 78.3 cm³/mol. The van der Waals surface area contributed by atoms with Crippen LogP contribution in [0, 0.1) is 0 Å². The third-order valence-electron chi connectivity index (χ3n) is 2.55. The second-order valence-electron chi connectivity index (χ2n) is 3.97. The van der Waals surface area contributed by atoms with Crippen LogP contribution in [0.2, 0.25) is 0 Å². The van der Waals surface area contributed by atoms with Crippen molar-refractivity contribution in [2.75, 3.05) is 0 Å². The topological polar surface area (TPSA) is 38.7 Å². The van der Waals surface area contributed by atoms with Gasteiger partial charge in [0.05, 0.1) is 0 Å². The second-order valence-corrected chi connectivity index (χ2v) is 3.97. The van der Waals surface area contributed by atoms with Crippen molar-refractivity contribution in [2.24, 2.45) is 0 Å². The summed E-state index contributed by atoms with van der Waals surface area (Å²) in [6.07, 6.45) is 8.99. The summed E-state index contributed by atoms with van der Waals surface area (Å²) < 4.78 is 0. The van der Waals surface area contributed by atoms with Crippen LogP contribution in [-0.4, -0.2) is 15.0 Å². The minimum absolute atomic E-state index is 0.683. The summed E-state index contributed by atoms with van der Waals surface area (Å²) in [5.74, 6) is 1.37. The maximum absolute atomic E-state index is 4.47. The van der Waals surface area contributed by atoms with Gasteiger partial charge in [-0.3, -0.25) is 0 Å². The zero-order valence-corrected chi connectivity index (χ0v) is 10.8. The van der Waals surface area contributed by atoms with Crippen LogP contribution in [0.15, 0.2) is 67.5 Å². The van der Waals surface area contributed by atoms with Crippen molar-refractivity contribution in [3.05, 3.63) is 73.4 Å². The van der Waals surface area contributed by atoms with Crippen molar-refractivity contribution in [2.45, 2.75) is 6.92 Å². The van der Waals surface area contributed by atoms with E-state index in [1.54, 1.807) is 12.4 Å². The van der Waals surface area contributed by atoms with E-state index in [1.165, 1.54) is 0 Å². The zero-order chi connectivity index (χ0) is 13.5. The Morgan fingerprint density at radius 3 is 2.63 bits per heavy atom. The Labute approximate surface area is 113 Å². The summed E-state index contributed by atoms with van der Waals surface area (Å²) in [6, 6.07) is 9.87. The SMILES string of the molecule is C=C/C=C\C=C(/C)c1ncnc(-c2ccccc2)n1. The molecule has 94 valence electrons. The fourth-order valence-corrected chi connectivity index (χ4v) is 1.57. The van der Waals surface area contributed by atoms with E-state index < -0.39 is 0 Å². The Balaban J connectivity index is 2.32. The van der Waals surface area contributed by atoms with E-state index in [-0.39, 0.29) is 0 Å². The van der Waals surface area contributed by atoms with E-state index in [4.69, 9.17) is 0 Å². The van der Waals surface area contributed by atoms with Crippen molar-refractivity contribution in [3.8, 4) is 11.4 Å². The third-order valence-corrected chi connectivity index (χ3v) is 2.55. The van der Waals surface area contributed by atoms with Crippen LogP contribution in [0.3, 0.4) is 0 Å². The van der Waals surface area contributed by atoms with E-state index in [2.05, 4.69) is 21.5 Å². The summed E-state index contributed by atoms with van der Waals surface area (Å²) in [6.45, 7) is 5.60. The molecule has 0 amide bonds. The average molecular weight is 249 g/mol. The van der Waals surface area contributed by atoms with Gasteiger partial charge in [0.2, 0.25) is 0 Å². The molecule has 2 rings (SSSR count). The summed E-state index contributed by atoms with van der Waals surface area (Å²) in [5.41, 5.74) is 1.97. The van der Waals surface area contributed by atoms with Gasteiger partial charge in [-0.15, -0.1) is 0 Å². The maximum Gasteiger partial charge on any atom is 0.163 e. The zero-order valence-electron chi connectivity index (χ0n) is 10.8. The summed E-state index contributed by atoms with van der Waals surface area (Å²) >= 11 is 0. The van der Waals surface area contributed by atoms with Gasteiger partial charge in [-0.05, 0) is 12.5 Å². The van der Waals surface area contributed by atoms with Gasteiger partial charge >= 0.3 is 0 Å². The van der Waals surface area contributed by atoms with Gasteiger partial charge in [-0.25, -0.2) is 15.0 Å². The van der Waals surface area contributed by atoms with Gasteiger partial charge in [0.25, 0.3) is 0 Å². The first-order valence-electron chi connectivity index (χ1n) is 6.02. The molecule has 0 atom stereocenters. The fourth-order valence-electron chi connectivity index (χ4n) is 1.57. The Kier molecular flexibility index (Phi) is 4.34. The van der Waals surface area contributed by atoms with Crippen LogP contribution in [0.4, 0.5) is 0 Å². The lowest BCUT2D eigenvalue weighted by atomic mass is 10.2. The van der Waals surface area contributed by atoms with Gasteiger partial charge < -0.3 is 0 Å². The molecule has 0 aliphatic rings. The van der Waals surface area contributed by atoms with Gasteiger partial charge in [0.1, 0.15) is 6.33 Å². The van der Waals surface area contributed by atoms with Crippen molar-refractivity contribution in [1.82, 2.24) is 15.0 Å². The van der Waals surface area contributed by atoms with E-state index >= 15 is 0 Å². The van der Waals surface area contributed by atoms with Crippen LogP contribution >= 0.6 is 0 Å². The Bertz CT molecular complexity index is 613. The Morgan fingerprint density at radius 1 is 1.11 bits per heavy atom. The molecular formula is C16H15N3. The number of allylic oxidation sites excluding steroid dienone is 5. The molecule has 0 aliphatic carbocycles. The molecule has 0 saturated heterocycles. The lowest BCUT2D eigenvalue weighted by molar-refractivity contribution is 1.02. The summed E-state index contributed by atoms with van der Waals surface area (Å²) in [7, 11) is 0. The first-order chi connectivity index (χ1) is 9.31. The average Bonchev–Trinajstić information content (AvgIpc) is 2.48. The number of rotatable bonds is 4. The first kappa shape index (κ1) is 12.9. The van der Waals surface area contributed by atoms with Crippen LogP contribution in [0.1, 0.15) is 12.7 Å². The molecule has 1 heterocycles. The van der Waals surface area contributed by atoms with Gasteiger partial charge in [0.15, 0.2) is 11.6 Å². The molecular weight excluding hydrogens is 234 g/mol. The second kappa shape index (κ2) is 6.40. The molecule has 2 aromatic rings. The number of nitrogens with zero attached hydrogens (tertiary/aromatic N) is 3. The molecule has 0 N–H and O–H groups in total.